The molecule has 1 unspecified atom stereocenters. The fourth-order valence-corrected chi connectivity index (χ4v) is 2.46. The molecule has 7 heteroatoms. The maximum atomic E-state index is 9.03. The van der Waals surface area contributed by atoms with Crippen molar-refractivity contribution in [1.82, 2.24) is 19.8 Å². The van der Waals surface area contributed by atoms with Gasteiger partial charge in [0.2, 0.25) is 4.96 Å². The third-order valence-corrected chi connectivity index (χ3v) is 3.58. The van der Waals surface area contributed by atoms with E-state index in [9.17, 15) is 0 Å². The molecule has 1 aromatic carbocycles. The average Bonchev–Trinajstić information content (AvgIpc) is 2.98. The number of rotatable bonds is 3. The van der Waals surface area contributed by atoms with E-state index >= 15 is 0 Å². The predicted molar refractivity (Wildman–Crippen MR) is 68.1 cm³/mol. The molecule has 0 saturated heterocycles. The molecule has 0 aliphatic heterocycles. The Morgan fingerprint density at radius 2 is 2.06 bits per heavy atom. The zero-order valence-corrected chi connectivity index (χ0v) is 10.2. The number of hydrogen-bond acceptors (Lipinski definition) is 6. The van der Waals surface area contributed by atoms with Crippen molar-refractivity contribution in [3.63, 3.8) is 0 Å². The summed E-state index contributed by atoms with van der Waals surface area (Å²) >= 11 is 1.34. The van der Waals surface area contributed by atoms with Crippen molar-refractivity contribution in [2.24, 2.45) is 5.73 Å². The van der Waals surface area contributed by atoms with Crippen LogP contribution in [0.2, 0.25) is 0 Å². The SMILES string of the molecule is NC(CO)c1nn2c(-c3ccccc3)nnc2s1. The van der Waals surface area contributed by atoms with Gasteiger partial charge in [-0.1, -0.05) is 41.7 Å². The molecule has 0 bridgehead atoms. The van der Waals surface area contributed by atoms with Gasteiger partial charge in [-0.25, -0.2) is 0 Å². The fourth-order valence-electron chi connectivity index (χ4n) is 1.63. The molecular formula is C11H11N5OS. The van der Waals surface area contributed by atoms with Gasteiger partial charge < -0.3 is 10.8 Å². The summed E-state index contributed by atoms with van der Waals surface area (Å²) in [5.41, 5.74) is 6.69. The second-order valence-corrected chi connectivity index (χ2v) is 4.80. The minimum atomic E-state index is -0.472. The Morgan fingerprint density at radius 1 is 1.28 bits per heavy atom. The van der Waals surface area contributed by atoms with E-state index in [-0.39, 0.29) is 6.61 Å². The zero-order valence-electron chi connectivity index (χ0n) is 9.39. The normalized spacial score (nSPS) is 13.0. The summed E-state index contributed by atoms with van der Waals surface area (Å²) in [6, 6.07) is 9.23. The number of nitrogens with two attached hydrogens (primary N) is 1. The quantitative estimate of drug-likeness (QED) is 0.729. The summed E-state index contributed by atoms with van der Waals surface area (Å²) in [5.74, 6) is 0.679. The molecule has 0 aliphatic carbocycles. The van der Waals surface area contributed by atoms with Gasteiger partial charge >= 0.3 is 0 Å². The van der Waals surface area contributed by atoms with Gasteiger partial charge in [0.1, 0.15) is 5.01 Å². The molecule has 3 rings (SSSR count). The van der Waals surface area contributed by atoms with E-state index < -0.39 is 6.04 Å². The monoisotopic (exact) mass is 261 g/mol. The molecule has 1 atom stereocenters. The number of aliphatic hydroxyl groups excluding tert-OH is 1. The molecule has 3 aromatic rings. The van der Waals surface area contributed by atoms with Gasteiger partial charge in [0.25, 0.3) is 0 Å². The average molecular weight is 261 g/mol. The molecule has 3 N–H and O–H groups in total. The van der Waals surface area contributed by atoms with E-state index in [0.717, 1.165) is 5.56 Å². The van der Waals surface area contributed by atoms with E-state index in [0.29, 0.717) is 15.8 Å². The number of nitrogens with zero attached hydrogens (tertiary/aromatic N) is 4. The molecule has 0 fully saturated rings. The Morgan fingerprint density at radius 3 is 2.78 bits per heavy atom. The highest BCUT2D eigenvalue weighted by atomic mass is 32.1. The van der Waals surface area contributed by atoms with E-state index in [1.807, 2.05) is 30.3 Å². The smallest absolute Gasteiger partial charge is 0.235 e. The Hall–Kier alpha value is -1.83. The number of benzene rings is 1. The first-order valence-electron chi connectivity index (χ1n) is 5.43. The van der Waals surface area contributed by atoms with Gasteiger partial charge in [-0.15, -0.1) is 10.2 Å². The van der Waals surface area contributed by atoms with E-state index in [1.165, 1.54) is 11.3 Å². The maximum Gasteiger partial charge on any atom is 0.235 e. The summed E-state index contributed by atoms with van der Waals surface area (Å²) in [6.07, 6.45) is 0. The van der Waals surface area contributed by atoms with Crippen molar-refractivity contribution in [2.75, 3.05) is 6.61 Å². The summed E-state index contributed by atoms with van der Waals surface area (Å²) in [7, 11) is 0. The van der Waals surface area contributed by atoms with E-state index in [1.54, 1.807) is 4.52 Å². The Bertz CT molecular complexity index is 662. The fraction of sp³-hybridized carbons (Fsp3) is 0.182. The van der Waals surface area contributed by atoms with Crippen LogP contribution >= 0.6 is 11.3 Å². The van der Waals surface area contributed by atoms with Crippen molar-refractivity contribution in [3.8, 4) is 11.4 Å². The van der Waals surface area contributed by atoms with E-state index in [2.05, 4.69) is 15.3 Å². The van der Waals surface area contributed by atoms with Gasteiger partial charge in [-0.2, -0.15) is 9.61 Å². The first kappa shape index (κ1) is 11.3. The number of fused-ring (bicyclic) bond motifs is 1. The predicted octanol–water partition coefficient (Wildman–Crippen LogP) is 0.845. The van der Waals surface area contributed by atoms with Crippen molar-refractivity contribution in [3.05, 3.63) is 35.3 Å². The maximum absolute atomic E-state index is 9.03. The highest BCUT2D eigenvalue weighted by Gasteiger charge is 2.16. The van der Waals surface area contributed by atoms with Gasteiger partial charge in [-0.3, -0.25) is 0 Å². The Labute approximate surface area is 107 Å². The Balaban J connectivity index is 2.11. The minimum absolute atomic E-state index is 0.134. The van der Waals surface area contributed by atoms with Crippen molar-refractivity contribution < 1.29 is 5.11 Å². The van der Waals surface area contributed by atoms with Gasteiger partial charge in [0.05, 0.1) is 12.6 Å². The second kappa shape index (κ2) is 4.45. The first-order chi connectivity index (χ1) is 8.79. The Kier molecular flexibility index (Phi) is 2.78. The van der Waals surface area contributed by atoms with Crippen molar-refractivity contribution in [2.45, 2.75) is 6.04 Å². The largest absolute Gasteiger partial charge is 0.394 e. The molecule has 92 valence electrons. The molecule has 0 aliphatic rings. The van der Waals surface area contributed by atoms with Crippen LogP contribution in [0, 0.1) is 0 Å². The van der Waals surface area contributed by atoms with Crippen LogP contribution in [0.5, 0.6) is 0 Å². The van der Waals surface area contributed by atoms with Crippen LogP contribution < -0.4 is 5.73 Å². The van der Waals surface area contributed by atoms with Crippen molar-refractivity contribution in [1.29, 1.82) is 0 Å². The van der Waals surface area contributed by atoms with Crippen LogP contribution in [0.4, 0.5) is 0 Å². The minimum Gasteiger partial charge on any atom is -0.394 e. The zero-order chi connectivity index (χ0) is 12.5. The lowest BCUT2D eigenvalue weighted by Gasteiger charge is -2.00. The third kappa shape index (κ3) is 1.78. The molecule has 18 heavy (non-hydrogen) atoms. The summed E-state index contributed by atoms with van der Waals surface area (Å²) < 4.78 is 1.66. The lowest BCUT2D eigenvalue weighted by atomic mass is 10.2. The van der Waals surface area contributed by atoms with Crippen molar-refractivity contribution >= 4 is 16.3 Å². The number of hydrogen-bond donors (Lipinski definition) is 2. The molecule has 2 aromatic heterocycles. The molecule has 0 radical (unpaired) electrons. The second-order valence-electron chi connectivity index (χ2n) is 3.81. The highest BCUT2D eigenvalue weighted by Crippen LogP contribution is 2.23. The third-order valence-electron chi connectivity index (χ3n) is 2.55. The van der Waals surface area contributed by atoms with Gasteiger partial charge in [0.15, 0.2) is 5.82 Å². The molecular weight excluding hydrogens is 250 g/mol. The first-order valence-corrected chi connectivity index (χ1v) is 6.25. The number of aromatic nitrogens is 4. The lowest BCUT2D eigenvalue weighted by molar-refractivity contribution is 0.267. The van der Waals surface area contributed by atoms with Crippen LogP contribution in [-0.2, 0) is 0 Å². The molecule has 0 saturated carbocycles. The lowest BCUT2D eigenvalue weighted by Crippen LogP contribution is -2.14. The van der Waals surface area contributed by atoms with Crippen LogP contribution in [-0.4, -0.2) is 31.5 Å². The van der Waals surface area contributed by atoms with E-state index in [4.69, 9.17) is 10.8 Å². The van der Waals surface area contributed by atoms with Crippen LogP contribution in [0.3, 0.4) is 0 Å². The molecule has 2 heterocycles. The van der Waals surface area contributed by atoms with Gasteiger partial charge in [-0.05, 0) is 0 Å². The summed E-state index contributed by atoms with van der Waals surface area (Å²) in [6.45, 7) is -0.134. The molecule has 6 nitrogen and oxygen atoms in total. The molecule has 0 amide bonds. The van der Waals surface area contributed by atoms with Crippen LogP contribution in [0.25, 0.3) is 16.3 Å². The van der Waals surface area contributed by atoms with Crippen LogP contribution in [0.15, 0.2) is 30.3 Å². The highest BCUT2D eigenvalue weighted by molar-refractivity contribution is 7.16. The summed E-state index contributed by atoms with van der Waals surface area (Å²) in [4.78, 5) is 0.674. The standard InChI is InChI=1S/C11H11N5OS/c12-8(6-17)10-15-16-9(13-14-11(16)18-10)7-4-2-1-3-5-7/h1-5,8,17H,6,12H2. The summed E-state index contributed by atoms with van der Waals surface area (Å²) in [5, 5.41) is 22.2. The topological polar surface area (TPSA) is 89.3 Å². The number of aliphatic hydroxyl groups is 1. The molecule has 0 spiro atoms. The van der Waals surface area contributed by atoms with Crippen LogP contribution in [0.1, 0.15) is 11.0 Å². The van der Waals surface area contributed by atoms with Gasteiger partial charge in [0, 0.05) is 5.56 Å².